The summed E-state index contributed by atoms with van der Waals surface area (Å²) in [7, 11) is 1.95. The molecule has 0 aromatic heterocycles. The Labute approximate surface area is 114 Å². The predicted molar refractivity (Wildman–Crippen MR) is 74.8 cm³/mol. The predicted octanol–water partition coefficient (Wildman–Crippen LogP) is 1.68. The van der Waals surface area contributed by atoms with Gasteiger partial charge in [0, 0.05) is 25.7 Å². The van der Waals surface area contributed by atoms with Crippen LogP contribution in [0.1, 0.15) is 12.5 Å². The molecule has 19 heavy (non-hydrogen) atoms. The molecule has 0 bridgehead atoms. The summed E-state index contributed by atoms with van der Waals surface area (Å²) in [5, 5.41) is 3.16. The van der Waals surface area contributed by atoms with E-state index >= 15 is 0 Å². The molecule has 3 nitrogen and oxygen atoms in total. The molecule has 0 amide bonds. The second kappa shape index (κ2) is 6.98. The highest BCUT2D eigenvalue weighted by Gasteiger charge is 2.23. The Morgan fingerprint density at radius 1 is 1.42 bits per heavy atom. The van der Waals surface area contributed by atoms with Crippen molar-refractivity contribution < 1.29 is 9.13 Å². The molecule has 2 unspecified atom stereocenters. The van der Waals surface area contributed by atoms with Crippen molar-refractivity contribution in [2.24, 2.45) is 0 Å². The minimum Gasteiger partial charge on any atom is -0.374 e. The first-order valence-corrected chi connectivity index (χ1v) is 6.93. The molecule has 0 aliphatic carbocycles. The van der Waals surface area contributed by atoms with Crippen molar-refractivity contribution in [3.8, 4) is 0 Å². The van der Waals surface area contributed by atoms with Gasteiger partial charge >= 0.3 is 0 Å². The number of nitrogens with zero attached hydrogens (tertiary/aromatic N) is 1. The lowest BCUT2D eigenvalue weighted by Crippen LogP contribution is -2.50. The number of nitrogens with one attached hydrogen (secondary N) is 1. The van der Waals surface area contributed by atoms with Crippen LogP contribution in [0.25, 0.3) is 0 Å². The fourth-order valence-electron chi connectivity index (χ4n) is 2.58. The molecule has 0 saturated carbocycles. The van der Waals surface area contributed by atoms with E-state index in [9.17, 15) is 4.39 Å². The zero-order chi connectivity index (χ0) is 13.7. The van der Waals surface area contributed by atoms with Crippen LogP contribution in [0.15, 0.2) is 24.3 Å². The lowest BCUT2D eigenvalue weighted by molar-refractivity contribution is -0.0386. The molecular formula is C15H23FN2O. The van der Waals surface area contributed by atoms with E-state index < -0.39 is 0 Å². The number of morpholine rings is 1. The average Bonchev–Trinajstić information content (AvgIpc) is 2.42. The number of benzene rings is 1. The molecule has 1 saturated heterocycles. The van der Waals surface area contributed by atoms with Crippen molar-refractivity contribution in [1.82, 2.24) is 10.2 Å². The van der Waals surface area contributed by atoms with Gasteiger partial charge in [0.1, 0.15) is 5.82 Å². The Morgan fingerprint density at radius 2 is 2.16 bits per heavy atom. The summed E-state index contributed by atoms with van der Waals surface area (Å²) in [6.45, 7) is 5.84. The molecule has 106 valence electrons. The van der Waals surface area contributed by atoms with Crippen molar-refractivity contribution in [3.05, 3.63) is 35.6 Å². The van der Waals surface area contributed by atoms with Crippen LogP contribution in [0, 0.1) is 5.82 Å². The maximum atomic E-state index is 12.9. The highest BCUT2D eigenvalue weighted by atomic mass is 19.1. The van der Waals surface area contributed by atoms with Gasteiger partial charge in [0.15, 0.2) is 0 Å². The van der Waals surface area contributed by atoms with Gasteiger partial charge in [-0.15, -0.1) is 0 Å². The van der Waals surface area contributed by atoms with E-state index in [4.69, 9.17) is 4.74 Å². The standard InChI is InChI=1S/C15H23FN2O/c1-12(9-13-3-5-14(16)6-4-13)18-7-8-19-15(11-18)10-17-2/h3-6,12,15,17H,7-11H2,1-2H3. The van der Waals surface area contributed by atoms with Gasteiger partial charge in [0.2, 0.25) is 0 Å². The molecule has 2 rings (SSSR count). The molecule has 1 aliphatic heterocycles. The minimum absolute atomic E-state index is 0.170. The van der Waals surface area contributed by atoms with Gasteiger partial charge in [-0.1, -0.05) is 12.1 Å². The summed E-state index contributed by atoms with van der Waals surface area (Å²) in [6.07, 6.45) is 1.22. The van der Waals surface area contributed by atoms with Gasteiger partial charge in [-0.05, 0) is 38.1 Å². The van der Waals surface area contributed by atoms with Crippen molar-refractivity contribution in [3.63, 3.8) is 0 Å². The Hall–Kier alpha value is -0.970. The van der Waals surface area contributed by atoms with E-state index in [1.807, 2.05) is 19.2 Å². The molecule has 1 heterocycles. The first kappa shape index (κ1) is 14.4. The van der Waals surface area contributed by atoms with Crippen LogP contribution in [0.5, 0.6) is 0 Å². The summed E-state index contributed by atoms with van der Waals surface area (Å²) < 4.78 is 18.6. The largest absolute Gasteiger partial charge is 0.374 e. The second-order valence-electron chi connectivity index (χ2n) is 5.23. The zero-order valence-electron chi connectivity index (χ0n) is 11.7. The Morgan fingerprint density at radius 3 is 2.84 bits per heavy atom. The van der Waals surface area contributed by atoms with Crippen LogP contribution in [0.4, 0.5) is 4.39 Å². The molecule has 0 spiro atoms. The summed E-state index contributed by atoms with van der Waals surface area (Å²) in [6, 6.07) is 7.26. The van der Waals surface area contributed by atoms with Crippen LogP contribution < -0.4 is 5.32 Å². The number of halogens is 1. The van der Waals surface area contributed by atoms with E-state index in [0.717, 1.165) is 32.7 Å². The molecular weight excluding hydrogens is 243 g/mol. The van der Waals surface area contributed by atoms with Crippen molar-refractivity contribution in [2.45, 2.75) is 25.5 Å². The van der Waals surface area contributed by atoms with Crippen LogP contribution in [0.3, 0.4) is 0 Å². The summed E-state index contributed by atoms with van der Waals surface area (Å²) in [4.78, 5) is 2.45. The summed E-state index contributed by atoms with van der Waals surface area (Å²) >= 11 is 0. The third kappa shape index (κ3) is 4.27. The van der Waals surface area contributed by atoms with Gasteiger partial charge in [0.05, 0.1) is 12.7 Å². The topological polar surface area (TPSA) is 24.5 Å². The molecule has 2 atom stereocenters. The molecule has 1 aromatic carbocycles. The zero-order valence-corrected chi connectivity index (χ0v) is 11.7. The fraction of sp³-hybridized carbons (Fsp3) is 0.600. The average molecular weight is 266 g/mol. The Balaban J connectivity index is 1.88. The maximum absolute atomic E-state index is 12.9. The molecule has 1 aromatic rings. The monoisotopic (exact) mass is 266 g/mol. The molecule has 0 radical (unpaired) electrons. The number of rotatable bonds is 5. The van der Waals surface area contributed by atoms with Gasteiger partial charge in [-0.3, -0.25) is 4.90 Å². The van der Waals surface area contributed by atoms with Crippen LogP contribution >= 0.6 is 0 Å². The van der Waals surface area contributed by atoms with E-state index in [2.05, 4.69) is 17.1 Å². The van der Waals surface area contributed by atoms with Crippen molar-refractivity contribution in [1.29, 1.82) is 0 Å². The minimum atomic E-state index is -0.170. The van der Waals surface area contributed by atoms with Crippen LogP contribution in [0.2, 0.25) is 0 Å². The van der Waals surface area contributed by atoms with E-state index in [1.54, 1.807) is 0 Å². The highest BCUT2D eigenvalue weighted by molar-refractivity contribution is 5.17. The third-order valence-corrected chi connectivity index (χ3v) is 3.67. The Kier molecular flexibility index (Phi) is 5.31. The van der Waals surface area contributed by atoms with Gasteiger partial charge in [-0.25, -0.2) is 4.39 Å². The lowest BCUT2D eigenvalue weighted by atomic mass is 10.0. The first-order chi connectivity index (χ1) is 9.19. The smallest absolute Gasteiger partial charge is 0.123 e. The van der Waals surface area contributed by atoms with Crippen LogP contribution in [-0.2, 0) is 11.2 Å². The van der Waals surface area contributed by atoms with E-state index in [-0.39, 0.29) is 11.9 Å². The number of hydrogen-bond acceptors (Lipinski definition) is 3. The second-order valence-corrected chi connectivity index (χ2v) is 5.23. The number of ether oxygens (including phenoxy) is 1. The first-order valence-electron chi connectivity index (χ1n) is 6.93. The Bertz CT molecular complexity index is 380. The molecule has 4 heteroatoms. The molecule has 1 aliphatic rings. The fourth-order valence-corrected chi connectivity index (χ4v) is 2.58. The maximum Gasteiger partial charge on any atom is 0.123 e. The lowest BCUT2D eigenvalue weighted by Gasteiger charge is -2.37. The number of likely N-dealkylation sites (N-methyl/N-ethyl adjacent to an activating group) is 1. The van der Waals surface area contributed by atoms with E-state index in [1.165, 1.54) is 17.7 Å². The molecule has 1 N–H and O–H groups in total. The summed E-state index contributed by atoms with van der Waals surface area (Å²) in [5.74, 6) is -0.170. The highest BCUT2D eigenvalue weighted by Crippen LogP contribution is 2.13. The van der Waals surface area contributed by atoms with E-state index in [0.29, 0.717) is 6.04 Å². The third-order valence-electron chi connectivity index (χ3n) is 3.67. The SMILES string of the molecule is CNCC1CN(C(C)Cc2ccc(F)cc2)CCO1. The quantitative estimate of drug-likeness (QED) is 0.877. The summed E-state index contributed by atoms with van der Waals surface area (Å²) in [5.41, 5.74) is 1.19. The van der Waals surface area contributed by atoms with Gasteiger partial charge < -0.3 is 10.1 Å². The van der Waals surface area contributed by atoms with Crippen molar-refractivity contribution in [2.75, 3.05) is 33.3 Å². The van der Waals surface area contributed by atoms with Crippen molar-refractivity contribution >= 4 is 0 Å². The van der Waals surface area contributed by atoms with Gasteiger partial charge in [0.25, 0.3) is 0 Å². The van der Waals surface area contributed by atoms with Gasteiger partial charge in [-0.2, -0.15) is 0 Å². The normalized spacial score (nSPS) is 22.4. The molecule has 1 fully saturated rings. The number of hydrogen-bond donors (Lipinski definition) is 1. The van der Waals surface area contributed by atoms with Crippen LogP contribution in [-0.4, -0.2) is 50.3 Å².